The van der Waals surface area contributed by atoms with Crippen molar-refractivity contribution in [1.29, 1.82) is 0 Å². The van der Waals surface area contributed by atoms with Crippen molar-refractivity contribution >= 4 is 5.69 Å². The smallest absolute Gasteiger partial charge is 0.272 e. The van der Waals surface area contributed by atoms with Crippen molar-refractivity contribution in [3.63, 3.8) is 0 Å². The van der Waals surface area contributed by atoms with E-state index >= 15 is 0 Å². The average Bonchev–Trinajstić information content (AvgIpc) is 2.47. The molecule has 5 heteroatoms. The Bertz CT molecular complexity index is 448. The summed E-state index contributed by atoms with van der Waals surface area (Å²) in [5, 5.41) is 14.5. The molecule has 2 unspecified atom stereocenters. The molecule has 0 aliphatic carbocycles. The molecule has 2 rings (SSSR count). The Kier molecular flexibility index (Phi) is 5.49. The van der Waals surface area contributed by atoms with Gasteiger partial charge in [0.2, 0.25) is 0 Å². The van der Waals surface area contributed by atoms with E-state index in [2.05, 4.69) is 12.2 Å². The van der Waals surface area contributed by atoms with Gasteiger partial charge in [0, 0.05) is 24.3 Å². The highest BCUT2D eigenvalue weighted by molar-refractivity contribution is 5.39. The summed E-state index contributed by atoms with van der Waals surface area (Å²) in [5.74, 6) is 0.434. The lowest BCUT2D eigenvalue weighted by Crippen LogP contribution is -2.42. The first-order chi connectivity index (χ1) is 9.72. The Balaban J connectivity index is 1.98. The van der Waals surface area contributed by atoms with Gasteiger partial charge in [0.25, 0.3) is 5.69 Å². The fraction of sp³-hybridized carbons (Fsp3) is 0.600. The number of nitrogens with zero attached hydrogens (tertiary/aromatic N) is 1. The van der Waals surface area contributed by atoms with E-state index in [-0.39, 0.29) is 10.6 Å². The number of nitro benzene ring substituents is 1. The predicted octanol–water partition coefficient (Wildman–Crippen LogP) is 2.54. The number of rotatable bonds is 6. The second kappa shape index (κ2) is 7.36. The van der Waals surface area contributed by atoms with Crippen molar-refractivity contribution < 1.29 is 9.66 Å². The molecule has 1 fully saturated rings. The van der Waals surface area contributed by atoms with E-state index in [0.717, 1.165) is 44.6 Å². The number of hydrogen-bond acceptors (Lipinski definition) is 4. The van der Waals surface area contributed by atoms with E-state index in [0.29, 0.717) is 12.0 Å². The largest absolute Gasteiger partial charge is 0.381 e. The van der Waals surface area contributed by atoms with E-state index < -0.39 is 0 Å². The first kappa shape index (κ1) is 14.9. The van der Waals surface area contributed by atoms with E-state index in [1.807, 2.05) is 12.1 Å². The first-order valence-corrected chi connectivity index (χ1v) is 7.25. The molecule has 1 heterocycles. The lowest BCUT2D eigenvalue weighted by molar-refractivity contribution is -0.385. The Hall–Kier alpha value is -1.46. The van der Waals surface area contributed by atoms with Crippen molar-refractivity contribution in [2.24, 2.45) is 5.92 Å². The number of ether oxygens (including phenoxy) is 1. The summed E-state index contributed by atoms with van der Waals surface area (Å²) in [4.78, 5) is 10.7. The fourth-order valence-corrected chi connectivity index (χ4v) is 2.85. The predicted molar refractivity (Wildman–Crippen MR) is 77.8 cm³/mol. The van der Waals surface area contributed by atoms with Crippen LogP contribution in [-0.4, -0.2) is 30.7 Å². The summed E-state index contributed by atoms with van der Waals surface area (Å²) in [6.45, 7) is 4.61. The van der Waals surface area contributed by atoms with Gasteiger partial charge in [-0.3, -0.25) is 10.1 Å². The molecule has 0 saturated carbocycles. The van der Waals surface area contributed by atoms with Crippen LogP contribution in [0.5, 0.6) is 0 Å². The Morgan fingerprint density at radius 2 is 2.25 bits per heavy atom. The van der Waals surface area contributed by atoms with Crippen LogP contribution >= 0.6 is 0 Å². The summed E-state index contributed by atoms with van der Waals surface area (Å²) in [6.07, 6.45) is 2.67. The first-order valence-electron chi connectivity index (χ1n) is 7.25. The van der Waals surface area contributed by atoms with E-state index in [1.165, 1.54) is 0 Å². The van der Waals surface area contributed by atoms with Gasteiger partial charge in [-0.25, -0.2) is 0 Å². The SMILES string of the molecule is CCNC1CCOCC1CCc1ccccc1[N+](=O)[O-]. The van der Waals surface area contributed by atoms with Crippen molar-refractivity contribution in [2.45, 2.75) is 32.2 Å². The quantitative estimate of drug-likeness (QED) is 0.641. The van der Waals surface area contributed by atoms with Crippen LogP contribution in [0, 0.1) is 16.0 Å². The van der Waals surface area contributed by atoms with Crippen molar-refractivity contribution in [2.75, 3.05) is 19.8 Å². The second-order valence-electron chi connectivity index (χ2n) is 5.21. The molecule has 1 aliphatic rings. The molecule has 0 bridgehead atoms. The summed E-state index contributed by atoms with van der Waals surface area (Å²) < 4.78 is 5.55. The molecule has 0 radical (unpaired) electrons. The highest BCUT2D eigenvalue weighted by atomic mass is 16.6. The molecule has 1 N–H and O–H groups in total. The number of nitro groups is 1. The zero-order chi connectivity index (χ0) is 14.4. The molecular weight excluding hydrogens is 256 g/mol. The number of benzene rings is 1. The Labute approximate surface area is 119 Å². The number of para-hydroxylation sites is 1. The fourth-order valence-electron chi connectivity index (χ4n) is 2.85. The molecule has 1 aromatic rings. The lowest BCUT2D eigenvalue weighted by Gasteiger charge is -2.32. The molecule has 20 heavy (non-hydrogen) atoms. The molecular formula is C15H22N2O3. The average molecular weight is 278 g/mol. The van der Waals surface area contributed by atoms with Crippen molar-refractivity contribution in [3.05, 3.63) is 39.9 Å². The van der Waals surface area contributed by atoms with Crippen LogP contribution in [0.1, 0.15) is 25.3 Å². The van der Waals surface area contributed by atoms with Crippen LogP contribution in [0.4, 0.5) is 5.69 Å². The third-order valence-corrected chi connectivity index (χ3v) is 3.91. The summed E-state index contributed by atoms with van der Waals surface area (Å²) in [6, 6.07) is 7.48. The van der Waals surface area contributed by atoms with Crippen LogP contribution in [0.3, 0.4) is 0 Å². The molecule has 110 valence electrons. The molecule has 0 aromatic heterocycles. The molecule has 0 amide bonds. The van der Waals surface area contributed by atoms with E-state index in [4.69, 9.17) is 4.74 Å². The number of aryl methyl sites for hydroxylation is 1. The Morgan fingerprint density at radius 3 is 3.00 bits per heavy atom. The van der Waals surface area contributed by atoms with Gasteiger partial charge in [0.05, 0.1) is 11.5 Å². The minimum Gasteiger partial charge on any atom is -0.381 e. The molecule has 5 nitrogen and oxygen atoms in total. The van der Waals surface area contributed by atoms with Crippen LogP contribution < -0.4 is 5.32 Å². The summed E-state index contributed by atoms with van der Waals surface area (Å²) in [5.41, 5.74) is 1.04. The summed E-state index contributed by atoms with van der Waals surface area (Å²) >= 11 is 0. The van der Waals surface area contributed by atoms with Crippen LogP contribution in [-0.2, 0) is 11.2 Å². The van der Waals surface area contributed by atoms with Gasteiger partial charge in [-0.15, -0.1) is 0 Å². The molecule has 1 aromatic carbocycles. The van der Waals surface area contributed by atoms with Crippen LogP contribution in [0.25, 0.3) is 0 Å². The lowest BCUT2D eigenvalue weighted by atomic mass is 9.89. The van der Waals surface area contributed by atoms with Crippen molar-refractivity contribution in [3.8, 4) is 0 Å². The zero-order valence-corrected chi connectivity index (χ0v) is 11.9. The monoisotopic (exact) mass is 278 g/mol. The second-order valence-corrected chi connectivity index (χ2v) is 5.21. The van der Waals surface area contributed by atoms with Crippen LogP contribution in [0.2, 0.25) is 0 Å². The van der Waals surface area contributed by atoms with E-state index in [1.54, 1.807) is 12.1 Å². The maximum Gasteiger partial charge on any atom is 0.272 e. The molecule has 1 saturated heterocycles. The molecule has 0 spiro atoms. The highest BCUT2D eigenvalue weighted by Crippen LogP contribution is 2.24. The zero-order valence-electron chi connectivity index (χ0n) is 11.9. The number of nitrogens with one attached hydrogen (secondary N) is 1. The van der Waals surface area contributed by atoms with Gasteiger partial charge in [0.15, 0.2) is 0 Å². The molecule has 2 atom stereocenters. The maximum atomic E-state index is 11.0. The standard InChI is InChI=1S/C15H22N2O3/c1-2-16-14-9-10-20-11-13(14)8-7-12-5-3-4-6-15(12)17(18)19/h3-6,13-14,16H,2,7-11H2,1H3. The van der Waals surface area contributed by atoms with Gasteiger partial charge < -0.3 is 10.1 Å². The third kappa shape index (κ3) is 3.77. The summed E-state index contributed by atoms with van der Waals surface area (Å²) in [7, 11) is 0. The maximum absolute atomic E-state index is 11.0. The van der Waals surface area contributed by atoms with Gasteiger partial charge in [-0.2, -0.15) is 0 Å². The molecule has 1 aliphatic heterocycles. The van der Waals surface area contributed by atoms with E-state index in [9.17, 15) is 10.1 Å². The van der Waals surface area contributed by atoms with Gasteiger partial charge >= 0.3 is 0 Å². The minimum atomic E-state index is -0.297. The van der Waals surface area contributed by atoms with Gasteiger partial charge in [-0.05, 0) is 31.7 Å². The topological polar surface area (TPSA) is 64.4 Å². The van der Waals surface area contributed by atoms with Crippen molar-refractivity contribution in [1.82, 2.24) is 5.32 Å². The van der Waals surface area contributed by atoms with Gasteiger partial charge in [-0.1, -0.05) is 25.1 Å². The van der Waals surface area contributed by atoms with Gasteiger partial charge in [0.1, 0.15) is 0 Å². The highest BCUT2D eigenvalue weighted by Gasteiger charge is 2.25. The van der Waals surface area contributed by atoms with Crippen LogP contribution in [0.15, 0.2) is 24.3 Å². The minimum absolute atomic E-state index is 0.226. The number of hydrogen-bond donors (Lipinski definition) is 1. The normalized spacial score (nSPS) is 22.6. The third-order valence-electron chi connectivity index (χ3n) is 3.91. The Morgan fingerprint density at radius 1 is 1.45 bits per heavy atom.